The van der Waals surface area contributed by atoms with Gasteiger partial charge in [-0.05, 0) is 82.2 Å². The first kappa shape index (κ1) is 17.9. The van der Waals surface area contributed by atoms with E-state index in [0.717, 1.165) is 21.5 Å². The molecule has 0 unspecified atom stereocenters. The molecule has 156 valence electrons. The summed E-state index contributed by atoms with van der Waals surface area (Å²) in [5, 5.41) is 15.4. The Morgan fingerprint density at radius 2 is 0.912 bits per heavy atom. The van der Waals surface area contributed by atoms with Gasteiger partial charge in [-0.25, -0.2) is 0 Å². The molecule has 34 heavy (non-hydrogen) atoms. The van der Waals surface area contributed by atoms with Gasteiger partial charge in [0.15, 0.2) is 0 Å². The summed E-state index contributed by atoms with van der Waals surface area (Å²) in [6, 6.07) is 33.1. The lowest BCUT2D eigenvalue weighted by Gasteiger charge is -2.17. The summed E-state index contributed by atoms with van der Waals surface area (Å²) in [4.78, 5) is 25.0. The Labute approximate surface area is 193 Å². The third-order valence-electron chi connectivity index (χ3n) is 7.52. The molecule has 8 rings (SSSR count). The average Bonchev–Trinajstić information content (AvgIpc) is 2.88. The van der Waals surface area contributed by atoms with Gasteiger partial charge in [0.2, 0.25) is 10.9 Å². The Kier molecular flexibility index (Phi) is 3.20. The fraction of sp³-hybridized carbons (Fsp3) is 0. The molecule has 0 saturated carbocycles. The van der Waals surface area contributed by atoms with E-state index in [-0.39, 0.29) is 0 Å². The van der Waals surface area contributed by atoms with Crippen molar-refractivity contribution in [3.05, 3.63) is 118 Å². The van der Waals surface area contributed by atoms with Gasteiger partial charge in [-0.2, -0.15) is 0 Å². The predicted octanol–water partition coefficient (Wildman–Crippen LogP) is 7.36. The highest BCUT2D eigenvalue weighted by atomic mass is 16.2. The zero-order valence-corrected chi connectivity index (χ0v) is 18.1. The maximum absolute atomic E-state index is 12.8. The van der Waals surface area contributed by atoms with Crippen LogP contribution in [0.25, 0.3) is 75.4 Å². The molecule has 0 atom stereocenters. The Morgan fingerprint density at radius 1 is 0.353 bits per heavy atom. The number of benzene rings is 8. The Balaban J connectivity index is 1.72. The van der Waals surface area contributed by atoms with E-state index in [0.29, 0.717) is 5.39 Å². The topological polar surface area (TPSA) is 34.1 Å². The maximum Gasteiger partial charge on any atom is 0.234 e. The summed E-state index contributed by atoms with van der Waals surface area (Å²) < 4.78 is 0. The minimum Gasteiger partial charge on any atom is -0.286 e. The third kappa shape index (κ3) is 2.06. The van der Waals surface area contributed by atoms with Crippen LogP contribution in [0, 0.1) is 0 Å². The van der Waals surface area contributed by atoms with Crippen molar-refractivity contribution in [2.24, 2.45) is 0 Å². The van der Waals surface area contributed by atoms with Gasteiger partial charge >= 0.3 is 0 Å². The molecule has 0 aliphatic heterocycles. The summed E-state index contributed by atoms with van der Waals surface area (Å²) in [5.74, 6) is 0. The van der Waals surface area contributed by atoms with Crippen LogP contribution in [0.3, 0.4) is 0 Å². The van der Waals surface area contributed by atoms with E-state index in [1.54, 1.807) is 6.07 Å². The van der Waals surface area contributed by atoms with Crippen LogP contribution in [0.15, 0.2) is 107 Å². The maximum atomic E-state index is 12.8. The summed E-state index contributed by atoms with van der Waals surface area (Å²) in [6.45, 7) is 0. The SMILES string of the molecule is O=c1ccc2ccc3c4cc5cccc6c7cccc8cccc(c87)c(c4ccc3c2c1=O)c56. The van der Waals surface area contributed by atoms with E-state index in [1.165, 1.54) is 54.5 Å². The van der Waals surface area contributed by atoms with Crippen LogP contribution in [0.5, 0.6) is 0 Å². The molecule has 0 aliphatic carbocycles. The predicted molar refractivity (Wildman–Crippen MR) is 144 cm³/mol. The fourth-order valence-electron chi connectivity index (χ4n) is 6.11. The number of hydrogen-bond donors (Lipinski definition) is 0. The van der Waals surface area contributed by atoms with Gasteiger partial charge < -0.3 is 0 Å². The van der Waals surface area contributed by atoms with Gasteiger partial charge in [-0.15, -0.1) is 0 Å². The molecule has 2 nitrogen and oxygen atoms in total. The zero-order chi connectivity index (χ0) is 22.6. The Hall–Kier alpha value is -4.56. The lowest BCUT2D eigenvalue weighted by atomic mass is 9.86. The molecule has 0 fully saturated rings. The lowest BCUT2D eigenvalue weighted by molar-refractivity contribution is 1.55. The van der Waals surface area contributed by atoms with Gasteiger partial charge in [-0.1, -0.05) is 84.9 Å². The molecule has 2 heteroatoms. The molecule has 0 bridgehead atoms. The molecule has 8 aromatic rings. The van der Waals surface area contributed by atoms with Gasteiger partial charge in [0.1, 0.15) is 0 Å². The third-order valence-corrected chi connectivity index (χ3v) is 7.52. The minimum absolute atomic E-state index is 0.425. The summed E-state index contributed by atoms with van der Waals surface area (Å²) >= 11 is 0. The van der Waals surface area contributed by atoms with Crippen LogP contribution in [-0.4, -0.2) is 0 Å². The summed E-state index contributed by atoms with van der Waals surface area (Å²) in [6.07, 6.45) is 0. The highest BCUT2D eigenvalue weighted by Gasteiger charge is 2.17. The molecule has 0 N–H and O–H groups in total. The average molecular weight is 432 g/mol. The first-order valence-corrected chi connectivity index (χ1v) is 11.4. The number of fused-ring (bicyclic) bond motifs is 8. The van der Waals surface area contributed by atoms with Crippen LogP contribution < -0.4 is 10.9 Å². The van der Waals surface area contributed by atoms with Crippen molar-refractivity contribution in [3.8, 4) is 0 Å². The monoisotopic (exact) mass is 432 g/mol. The highest BCUT2D eigenvalue weighted by Crippen LogP contribution is 2.44. The highest BCUT2D eigenvalue weighted by molar-refractivity contribution is 6.39. The van der Waals surface area contributed by atoms with Gasteiger partial charge in [-0.3, -0.25) is 9.59 Å². The molecule has 0 amide bonds. The molecular formula is C32H16O2. The van der Waals surface area contributed by atoms with E-state index < -0.39 is 10.9 Å². The number of rotatable bonds is 0. The second-order valence-corrected chi connectivity index (χ2v) is 9.18. The largest absolute Gasteiger partial charge is 0.286 e. The van der Waals surface area contributed by atoms with Crippen molar-refractivity contribution in [2.75, 3.05) is 0 Å². The van der Waals surface area contributed by atoms with Gasteiger partial charge in [0.05, 0.1) is 0 Å². The Morgan fingerprint density at radius 3 is 1.71 bits per heavy atom. The molecule has 0 aliphatic rings. The van der Waals surface area contributed by atoms with Gasteiger partial charge in [0, 0.05) is 5.39 Å². The van der Waals surface area contributed by atoms with Crippen LogP contribution in [0.2, 0.25) is 0 Å². The zero-order valence-electron chi connectivity index (χ0n) is 18.1. The molecule has 0 saturated heterocycles. The van der Waals surface area contributed by atoms with Crippen molar-refractivity contribution in [3.63, 3.8) is 0 Å². The van der Waals surface area contributed by atoms with E-state index in [2.05, 4.69) is 72.8 Å². The van der Waals surface area contributed by atoms with Gasteiger partial charge in [0.25, 0.3) is 0 Å². The summed E-state index contributed by atoms with van der Waals surface area (Å²) in [5.41, 5.74) is -0.882. The minimum atomic E-state index is -0.457. The molecule has 0 radical (unpaired) electrons. The number of hydrogen-bond acceptors (Lipinski definition) is 2. The smallest absolute Gasteiger partial charge is 0.234 e. The first-order chi connectivity index (χ1) is 16.7. The van der Waals surface area contributed by atoms with E-state index >= 15 is 0 Å². The van der Waals surface area contributed by atoms with Crippen molar-refractivity contribution in [2.45, 2.75) is 0 Å². The van der Waals surface area contributed by atoms with Crippen molar-refractivity contribution < 1.29 is 0 Å². The van der Waals surface area contributed by atoms with Crippen LogP contribution in [-0.2, 0) is 0 Å². The fourth-order valence-corrected chi connectivity index (χ4v) is 6.11. The lowest BCUT2D eigenvalue weighted by Crippen LogP contribution is -2.22. The molecule has 0 spiro atoms. The molecule has 0 aromatic heterocycles. The van der Waals surface area contributed by atoms with E-state index in [4.69, 9.17) is 0 Å². The van der Waals surface area contributed by atoms with Crippen LogP contribution >= 0.6 is 0 Å². The Bertz CT molecular complexity index is 2260. The second kappa shape index (κ2) is 6.06. The van der Waals surface area contributed by atoms with Crippen molar-refractivity contribution in [1.82, 2.24) is 0 Å². The molecule has 8 aromatic carbocycles. The molecular weight excluding hydrogens is 416 g/mol. The molecule has 0 heterocycles. The van der Waals surface area contributed by atoms with E-state index in [9.17, 15) is 9.59 Å². The van der Waals surface area contributed by atoms with Crippen molar-refractivity contribution in [1.29, 1.82) is 0 Å². The van der Waals surface area contributed by atoms with Crippen molar-refractivity contribution >= 4 is 75.4 Å². The first-order valence-electron chi connectivity index (χ1n) is 11.4. The quantitative estimate of drug-likeness (QED) is 0.143. The summed E-state index contributed by atoms with van der Waals surface area (Å²) in [7, 11) is 0. The van der Waals surface area contributed by atoms with Crippen LogP contribution in [0.1, 0.15) is 0 Å². The standard InChI is InChI=1S/C32H16O2/c33-27-15-11-18-10-12-20-23(30(18)32(27)34)13-14-24-26(20)16-19-6-3-8-22-21-7-1-4-17-5-2-9-25(28(17)21)31(24)29(19)22/h1-16H. The second-order valence-electron chi connectivity index (χ2n) is 9.18. The van der Waals surface area contributed by atoms with Crippen LogP contribution in [0.4, 0.5) is 0 Å². The van der Waals surface area contributed by atoms with E-state index in [1.807, 2.05) is 12.1 Å². The normalized spacial score (nSPS) is 12.4.